The van der Waals surface area contributed by atoms with E-state index >= 15 is 0 Å². The van der Waals surface area contributed by atoms with E-state index < -0.39 is 25.0 Å². The zero-order valence-electron chi connectivity index (χ0n) is 15.0. The fourth-order valence-corrected chi connectivity index (χ4v) is 5.15. The minimum atomic E-state index is -4.03. The molecule has 1 aliphatic heterocycles. The number of benzene rings is 2. The van der Waals surface area contributed by atoms with Crippen LogP contribution in [0.5, 0.6) is 0 Å². The molecule has 1 aliphatic rings. The van der Waals surface area contributed by atoms with E-state index in [2.05, 4.69) is 4.72 Å². The largest absolute Gasteiger partial charge is 0.280 e. The minimum Gasteiger partial charge on any atom is -0.280 e. The summed E-state index contributed by atoms with van der Waals surface area (Å²) in [4.78, 5) is 9.98. The molecule has 11 heteroatoms. The number of anilines is 1. The molecule has 3 rings (SSSR count). The van der Waals surface area contributed by atoms with Crippen LogP contribution in [-0.4, -0.2) is 38.4 Å². The van der Waals surface area contributed by atoms with Crippen LogP contribution in [0.25, 0.3) is 0 Å². The molecule has 0 aliphatic carbocycles. The van der Waals surface area contributed by atoms with E-state index in [0.29, 0.717) is 13.0 Å². The van der Waals surface area contributed by atoms with Gasteiger partial charge in [-0.1, -0.05) is 12.1 Å². The van der Waals surface area contributed by atoms with Gasteiger partial charge in [-0.2, -0.15) is 4.31 Å². The Morgan fingerprint density at radius 1 is 1.11 bits per heavy atom. The third-order valence-electron chi connectivity index (χ3n) is 4.53. The number of nitro benzene ring substituents is 1. The lowest BCUT2D eigenvalue weighted by atomic mass is 10.0. The highest BCUT2D eigenvalue weighted by Crippen LogP contribution is 2.26. The summed E-state index contributed by atoms with van der Waals surface area (Å²) < 4.78 is 53.2. The zero-order chi connectivity index (χ0) is 20.5. The molecule has 150 valence electrons. The summed E-state index contributed by atoms with van der Waals surface area (Å²) in [6.07, 6.45) is 0.548. The number of nitro groups is 1. The Labute approximate surface area is 163 Å². The van der Waals surface area contributed by atoms with Gasteiger partial charge in [-0.25, -0.2) is 16.8 Å². The summed E-state index contributed by atoms with van der Waals surface area (Å²) in [5.74, 6) is 0.00143. The van der Waals surface area contributed by atoms with E-state index in [9.17, 15) is 26.9 Å². The number of fused-ring (bicyclic) bond motifs is 1. The van der Waals surface area contributed by atoms with Crippen molar-refractivity contribution in [1.29, 1.82) is 0 Å². The molecule has 0 spiro atoms. The maximum atomic E-state index is 12.6. The molecule has 2 aromatic carbocycles. The average molecular weight is 425 g/mol. The van der Waals surface area contributed by atoms with E-state index in [1.54, 1.807) is 25.1 Å². The lowest BCUT2D eigenvalue weighted by Crippen LogP contribution is -2.36. The van der Waals surface area contributed by atoms with Crippen molar-refractivity contribution in [2.24, 2.45) is 0 Å². The smallest absolute Gasteiger partial charge is 0.270 e. The lowest BCUT2D eigenvalue weighted by Gasteiger charge is -2.28. The van der Waals surface area contributed by atoms with Gasteiger partial charge in [0, 0.05) is 30.9 Å². The van der Waals surface area contributed by atoms with Gasteiger partial charge in [-0.05, 0) is 42.7 Å². The molecule has 0 amide bonds. The Morgan fingerprint density at radius 3 is 2.54 bits per heavy atom. The van der Waals surface area contributed by atoms with Gasteiger partial charge < -0.3 is 0 Å². The first-order valence-electron chi connectivity index (χ1n) is 8.49. The summed E-state index contributed by atoms with van der Waals surface area (Å²) >= 11 is 0. The number of hydrogen-bond donors (Lipinski definition) is 1. The quantitative estimate of drug-likeness (QED) is 0.558. The van der Waals surface area contributed by atoms with Crippen molar-refractivity contribution in [2.45, 2.75) is 24.8 Å². The number of nitrogens with one attached hydrogen (secondary N) is 1. The van der Waals surface area contributed by atoms with Gasteiger partial charge in [-0.3, -0.25) is 14.8 Å². The van der Waals surface area contributed by atoms with Crippen LogP contribution in [0.3, 0.4) is 0 Å². The Kier molecular flexibility index (Phi) is 5.41. The SMILES string of the molecule is CCS(=O)(=O)N1CCc2ccc(NS(=O)(=O)c3cccc([N+](=O)[O-])c3)cc2C1. The minimum absolute atomic E-state index is 0.00143. The summed E-state index contributed by atoms with van der Waals surface area (Å²) in [7, 11) is -7.37. The lowest BCUT2D eigenvalue weighted by molar-refractivity contribution is -0.385. The van der Waals surface area contributed by atoms with Crippen molar-refractivity contribution >= 4 is 31.4 Å². The van der Waals surface area contributed by atoms with Crippen LogP contribution in [0.4, 0.5) is 11.4 Å². The number of nitrogens with zero attached hydrogens (tertiary/aromatic N) is 2. The van der Waals surface area contributed by atoms with E-state index in [1.165, 1.54) is 22.5 Å². The van der Waals surface area contributed by atoms with Gasteiger partial charge in [0.25, 0.3) is 15.7 Å². The molecule has 0 radical (unpaired) electrons. The van der Waals surface area contributed by atoms with E-state index in [-0.39, 0.29) is 28.6 Å². The van der Waals surface area contributed by atoms with E-state index in [0.717, 1.165) is 17.2 Å². The highest BCUT2D eigenvalue weighted by Gasteiger charge is 2.26. The van der Waals surface area contributed by atoms with Gasteiger partial charge in [0.1, 0.15) is 0 Å². The Morgan fingerprint density at radius 2 is 1.86 bits per heavy atom. The van der Waals surface area contributed by atoms with Crippen LogP contribution in [0.2, 0.25) is 0 Å². The number of rotatable bonds is 6. The van der Waals surface area contributed by atoms with E-state index in [1.807, 2.05) is 0 Å². The molecule has 0 saturated carbocycles. The Bertz CT molecular complexity index is 1130. The number of non-ortho nitro benzene ring substituents is 1. The molecule has 0 bridgehead atoms. The van der Waals surface area contributed by atoms with E-state index in [4.69, 9.17) is 0 Å². The zero-order valence-corrected chi connectivity index (χ0v) is 16.7. The molecule has 1 heterocycles. The fourth-order valence-electron chi connectivity index (χ4n) is 2.99. The van der Waals surface area contributed by atoms with Gasteiger partial charge in [-0.15, -0.1) is 0 Å². The second kappa shape index (κ2) is 7.49. The first-order valence-corrected chi connectivity index (χ1v) is 11.6. The van der Waals surface area contributed by atoms with Crippen LogP contribution in [0.15, 0.2) is 47.4 Å². The maximum Gasteiger partial charge on any atom is 0.270 e. The van der Waals surface area contributed by atoms with Gasteiger partial charge in [0.2, 0.25) is 10.0 Å². The second-order valence-electron chi connectivity index (χ2n) is 6.33. The van der Waals surface area contributed by atoms with Gasteiger partial charge in [0.05, 0.1) is 15.6 Å². The highest BCUT2D eigenvalue weighted by molar-refractivity contribution is 7.92. The fraction of sp³-hybridized carbons (Fsp3) is 0.294. The summed E-state index contributed by atoms with van der Waals surface area (Å²) in [5.41, 5.74) is 1.62. The molecule has 0 fully saturated rings. The normalized spacial score (nSPS) is 15.0. The highest BCUT2D eigenvalue weighted by atomic mass is 32.2. The molecular weight excluding hydrogens is 406 g/mol. The van der Waals surface area contributed by atoms with Crippen molar-refractivity contribution in [3.63, 3.8) is 0 Å². The number of sulfonamides is 2. The molecule has 0 aromatic heterocycles. The molecule has 9 nitrogen and oxygen atoms in total. The first kappa shape index (κ1) is 20.2. The van der Waals surface area contributed by atoms with Crippen LogP contribution in [-0.2, 0) is 33.0 Å². The van der Waals surface area contributed by atoms with Crippen molar-refractivity contribution < 1.29 is 21.8 Å². The van der Waals surface area contributed by atoms with Crippen LogP contribution in [0, 0.1) is 10.1 Å². The molecule has 0 saturated heterocycles. The van der Waals surface area contributed by atoms with Crippen molar-refractivity contribution in [1.82, 2.24) is 4.31 Å². The van der Waals surface area contributed by atoms with Crippen LogP contribution in [0.1, 0.15) is 18.1 Å². The monoisotopic (exact) mass is 425 g/mol. The molecule has 28 heavy (non-hydrogen) atoms. The Balaban J connectivity index is 1.87. The summed E-state index contributed by atoms with van der Waals surface area (Å²) in [5, 5.41) is 10.9. The maximum absolute atomic E-state index is 12.6. The molecular formula is C17H19N3O6S2. The predicted molar refractivity (Wildman–Crippen MR) is 104 cm³/mol. The first-order chi connectivity index (χ1) is 13.1. The second-order valence-corrected chi connectivity index (χ2v) is 10.3. The molecule has 2 aromatic rings. The topological polar surface area (TPSA) is 127 Å². The third-order valence-corrected chi connectivity index (χ3v) is 7.74. The van der Waals surface area contributed by atoms with Crippen molar-refractivity contribution in [3.8, 4) is 0 Å². The van der Waals surface area contributed by atoms with Crippen molar-refractivity contribution in [3.05, 3.63) is 63.7 Å². The van der Waals surface area contributed by atoms with Crippen LogP contribution < -0.4 is 4.72 Å². The van der Waals surface area contributed by atoms with Gasteiger partial charge in [0.15, 0.2) is 0 Å². The Hall–Kier alpha value is -2.50. The summed E-state index contributed by atoms with van der Waals surface area (Å²) in [6.45, 7) is 2.15. The van der Waals surface area contributed by atoms with Crippen LogP contribution >= 0.6 is 0 Å². The summed E-state index contributed by atoms with van der Waals surface area (Å²) in [6, 6.07) is 9.71. The van der Waals surface area contributed by atoms with Gasteiger partial charge >= 0.3 is 0 Å². The third kappa shape index (κ3) is 4.16. The van der Waals surface area contributed by atoms with Crippen molar-refractivity contribution in [2.75, 3.05) is 17.0 Å². The molecule has 0 unspecified atom stereocenters. The standard InChI is InChI=1S/C17H19N3O6S2/c1-2-27(23,24)19-9-8-13-6-7-15(10-14(13)12-19)18-28(25,26)17-5-3-4-16(11-17)20(21)22/h3-7,10-11,18H,2,8-9,12H2,1H3. The number of hydrogen-bond acceptors (Lipinski definition) is 6. The molecule has 1 N–H and O–H groups in total. The predicted octanol–water partition coefficient (Wildman–Crippen LogP) is 2.10. The average Bonchev–Trinajstić information content (AvgIpc) is 2.67. The molecule has 0 atom stereocenters.